The van der Waals surface area contributed by atoms with E-state index in [1.807, 2.05) is 25.9 Å². The van der Waals surface area contributed by atoms with Gasteiger partial charge in [-0.05, 0) is 73.2 Å². The lowest BCUT2D eigenvalue weighted by Crippen LogP contribution is -2.61. The molecule has 0 saturated carbocycles. The number of ether oxygens (including phenoxy) is 6. The van der Waals surface area contributed by atoms with Gasteiger partial charge < -0.3 is 44.2 Å². The number of cyclic esters (lactones) is 1. The van der Waals surface area contributed by atoms with Gasteiger partial charge in [-0.3, -0.25) is 14.4 Å². The van der Waals surface area contributed by atoms with Crippen LogP contribution in [0.15, 0.2) is 30.3 Å². The van der Waals surface area contributed by atoms with Crippen LogP contribution >= 0.6 is 0 Å². The molecule has 3 fully saturated rings. The highest BCUT2D eigenvalue weighted by Crippen LogP contribution is 2.45. The number of ketones is 1. The number of nitrogens with two attached hydrogens (primary N) is 1. The fourth-order valence-corrected chi connectivity index (χ4v) is 8.65. The van der Waals surface area contributed by atoms with E-state index in [0.29, 0.717) is 12.0 Å². The first-order valence-electron chi connectivity index (χ1n) is 18.6. The van der Waals surface area contributed by atoms with Crippen LogP contribution in [0.4, 0.5) is 4.79 Å². The fraction of sp³-hybridized carbons (Fsp3) is 0.718. The number of aliphatic hydroxyl groups excluding tert-OH is 1. The Morgan fingerprint density at radius 3 is 2.25 bits per heavy atom. The molecule has 0 aromatic heterocycles. The summed E-state index contributed by atoms with van der Waals surface area (Å²) in [4.78, 5) is 68.9. The number of nitrogens with zero attached hydrogens (tertiary/aromatic N) is 1. The number of likely N-dealkylation sites (N-methyl/N-ethyl adjacent to an activating group) is 1. The number of Topliss-reactive ketones (excluding diaryl/α,β-unsaturated/α-hetero) is 1. The van der Waals surface area contributed by atoms with Gasteiger partial charge in [0, 0.05) is 23.7 Å². The molecule has 14 nitrogen and oxygen atoms in total. The Labute approximate surface area is 312 Å². The second kappa shape index (κ2) is 16.8. The lowest BCUT2D eigenvalue weighted by Gasteiger charge is -2.48. The van der Waals surface area contributed by atoms with Gasteiger partial charge in [0.15, 0.2) is 12.4 Å². The van der Waals surface area contributed by atoms with E-state index in [0.717, 1.165) is 0 Å². The van der Waals surface area contributed by atoms with Crippen LogP contribution in [0.5, 0.6) is 0 Å². The highest BCUT2D eigenvalue weighted by Gasteiger charge is 2.57. The Bertz CT molecular complexity index is 1490. The van der Waals surface area contributed by atoms with E-state index in [2.05, 4.69) is 0 Å². The number of aliphatic hydroxyl groups is 1. The minimum atomic E-state index is -1.71. The molecule has 3 saturated heterocycles. The van der Waals surface area contributed by atoms with Crippen molar-refractivity contribution in [2.45, 2.75) is 135 Å². The largest absolute Gasteiger partial charge is 0.458 e. The summed E-state index contributed by atoms with van der Waals surface area (Å²) in [6, 6.07) is 8.08. The van der Waals surface area contributed by atoms with Crippen molar-refractivity contribution < 1.29 is 57.5 Å². The molecule has 0 bridgehead atoms. The van der Waals surface area contributed by atoms with Crippen LogP contribution in [0.3, 0.4) is 0 Å². The highest BCUT2D eigenvalue weighted by atomic mass is 16.7. The van der Waals surface area contributed by atoms with Gasteiger partial charge >= 0.3 is 24.0 Å². The summed E-state index contributed by atoms with van der Waals surface area (Å²) in [7, 11) is 3.69. The predicted molar refractivity (Wildman–Crippen MR) is 191 cm³/mol. The minimum absolute atomic E-state index is 0.0620. The molecule has 1 amide bonds. The summed E-state index contributed by atoms with van der Waals surface area (Å²) in [5.74, 6) is -6.44. The SMILES string of the molecule is CC[C@H]1OC(=O)[C@H](C)[C@@H](O)[C@H](C)[C@@H](OC2O[C@H](C)C[C@H](N(C)C)[C@H]2OC(=O)c2ccccc2)[C@](C)(OC(N)=O)C[C@@H](C)C(=O)C(C)C2CC(=O)O[C@@]21C. The molecule has 3 heterocycles. The standard InChI is InChI=1S/C39H58N2O12/c1-11-28-39(8)26(18-29(42)52-39)22(4)30(43)20(2)19-38(7,53-37(40)47)33(23(5)31(44)24(6)34(45)49-28)51-36-32(27(41(9)10)17-21(3)48-36)50-35(46)25-15-13-12-14-16-25/h12-16,20-24,26-28,31-33,36,44H,11,17-19H2,1-10H3,(H2,40,47)/t20-,21-,22?,23+,24-,26?,27+,28-,31+,32-,33-,36?,38-,39+/m1/s1. The van der Waals surface area contributed by atoms with Crippen LogP contribution in [-0.2, 0) is 42.8 Å². The van der Waals surface area contributed by atoms with Crippen LogP contribution < -0.4 is 5.73 Å². The number of hydrogen-bond acceptors (Lipinski definition) is 13. The molecular formula is C39H58N2O12. The molecule has 1 aromatic carbocycles. The number of primary amides is 1. The van der Waals surface area contributed by atoms with Crippen LogP contribution in [0, 0.1) is 29.6 Å². The van der Waals surface area contributed by atoms with E-state index in [1.165, 1.54) is 6.92 Å². The zero-order chi connectivity index (χ0) is 39.6. The van der Waals surface area contributed by atoms with Crippen molar-refractivity contribution in [2.75, 3.05) is 14.1 Å². The maximum Gasteiger partial charge on any atom is 0.405 e. The normalized spacial score (nSPS) is 40.0. The molecule has 3 aliphatic rings. The van der Waals surface area contributed by atoms with Crippen molar-refractivity contribution in [3.05, 3.63) is 35.9 Å². The van der Waals surface area contributed by atoms with Crippen LogP contribution in [0.2, 0.25) is 0 Å². The zero-order valence-corrected chi connectivity index (χ0v) is 32.6. The van der Waals surface area contributed by atoms with Crippen molar-refractivity contribution in [1.29, 1.82) is 0 Å². The Balaban J connectivity index is 1.83. The van der Waals surface area contributed by atoms with Crippen molar-refractivity contribution in [1.82, 2.24) is 4.90 Å². The Kier molecular flexibility index (Phi) is 13.4. The van der Waals surface area contributed by atoms with Crippen molar-refractivity contribution in [3.63, 3.8) is 0 Å². The number of amides is 1. The maximum atomic E-state index is 14.3. The molecule has 3 aliphatic heterocycles. The second-order valence-electron chi connectivity index (χ2n) is 15.8. The molecule has 1 aromatic rings. The summed E-state index contributed by atoms with van der Waals surface area (Å²) in [5, 5.41) is 11.9. The maximum absolute atomic E-state index is 14.3. The summed E-state index contributed by atoms with van der Waals surface area (Å²) in [5.41, 5.74) is 2.98. The third-order valence-electron chi connectivity index (χ3n) is 11.6. The van der Waals surface area contributed by atoms with E-state index >= 15 is 0 Å². The molecule has 14 atom stereocenters. The number of rotatable bonds is 7. The van der Waals surface area contributed by atoms with Gasteiger partial charge in [-0.25, -0.2) is 9.59 Å². The third-order valence-corrected chi connectivity index (χ3v) is 11.6. The third kappa shape index (κ3) is 9.04. The second-order valence-corrected chi connectivity index (χ2v) is 15.8. The number of fused-ring (bicyclic) bond motifs is 1. The summed E-state index contributed by atoms with van der Waals surface area (Å²) >= 11 is 0. The Hall–Kier alpha value is -3.59. The average Bonchev–Trinajstić information content (AvgIpc) is 3.41. The fourth-order valence-electron chi connectivity index (χ4n) is 8.65. The lowest BCUT2D eigenvalue weighted by molar-refractivity contribution is -0.297. The van der Waals surface area contributed by atoms with Gasteiger partial charge in [0.05, 0.1) is 36.2 Å². The first kappa shape index (κ1) is 42.2. The first-order chi connectivity index (χ1) is 24.7. The Morgan fingerprint density at radius 2 is 1.66 bits per heavy atom. The highest BCUT2D eigenvalue weighted by molar-refractivity contribution is 5.89. The van der Waals surface area contributed by atoms with Crippen LogP contribution in [0.1, 0.15) is 91.4 Å². The molecule has 53 heavy (non-hydrogen) atoms. The summed E-state index contributed by atoms with van der Waals surface area (Å²) in [6.45, 7) is 13.4. The molecule has 4 rings (SSSR count). The van der Waals surface area contributed by atoms with Crippen molar-refractivity contribution >= 4 is 29.8 Å². The van der Waals surface area contributed by atoms with E-state index in [1.54, 1.807) is 71.9 Å². The quantitative estimate of drug-likeness (QED) is 0.301. The van der Waals surface area contributed by atoms with Gasteiger partial charge in [0.2, 0.25) is 0 Å². The molecule has 0 radical (unpaired) electrons. The summed E-state index contributed by atoms with van der Waals surface area (Å²) < 4.78 is 36.9. The Morgan fingerprint density at radius 1 is 1.02 bits per heavy atom. The van der Waals surface area contributed by atoms with E-state index in [4.69, 9.17) is 34.2 Å². The number of carbonyl (C=O) groups is 5. The van der Waals surface area contributed by atoms with Gasteiger partial charge in [0.25, 0.3) is 0 Å². The number of esters is 3. The van der Waals surface area contributed by atoms with E-state index in [-0.39, 0.29) is 37.2 Å². The number of carbonyl (C=O) groups excluding carboxylic acids is 5. The van der Waals surface area contributed by atoms with E-state index < -0.39 is 95.5 Å². The van der Waals surface area contributed by atoms with Gasteiger partial charge in [-0.1, -0.05) is 45.9 Å². The topological polar surface area (TPSA) is 190 Å². The molecule has 3 unspecified atom stereocenters. The van der Waals surface area contributed by atoms with Gasteiger partial charge in [-0.2, -0.15) is 0 Å². The van der Waals surface area contributed by atoms with Gasteiger partial charge in [0.1, 0.15) is 29.2 Å². The number of hydrogen-bond donors (Lipinski definition) is 2. The molecule has 14 heteroatoms. The van der Waals surface area contributed by atoms with Crippen molar-refractivity contribution in [2.24, 2.45) is 35.3 Å². The van der Waals surface area contributed by atoms with Crippen LogP contribution in [0.25, 0.3) is 0 Å². The average molecular weight is 747 g/mol. The molecule has 296 valence electrons. The molecule has 0 spiro atoms. The summed E-state index contributed by atoms with van der Waals surface area (Å²) in [6.07, 6.45) is -6.87. The lowest BCUT2D eigenvalue weighted by atomic mass is 9.70. The van der Waals surface area contributed by atoms with E-state index in [9.17, 15) is 29.1 Å². The molecule has 3 N–H and O–H groups in total. The van der Waals surface area contributed by atoms with Gasteiger partial charge in [-0.15, -0.1) is 0 Å². The zero-order valence-electron chi connectivity index (χ0n) is 32.6. The minimum Gasteiger partial charge on any atom is -0.458 e. The van der Waals surface area contributed by atoms with Crippen LogP contribution in [-0.4, -0.2) is 108 Å². The predicted octanol–water partition coefficient (Wildman–Crippen LogP) is 4.04. The number of benzene rings is 1. The monoisotopic (exact) mass is 746 g/mol. The molecular weight excluding hydrogens is 688 g/mol. The first-order valence-corrected chi connectivity index (χ1v) is 18.6. The van der Waals surface area contributed by atoms with Crippen molar-refractivity contribution in [3.8, 4) is 0 Å². The molecule has 0 aliphatic carbocycles. The smallest absolute Gasteiger partial charge is 0.405 e.